The van der Waals surface area contributed by atoms with Gasteiger partial charge in [-0.15, -0.1) is 6.58 Å². The lowest BCUT2D eigenvalue weighted by molar-refractivity contribution is -0.122. The Balaban J connectivity index is 2.82. The van der Waals surface area contributed by atoms with Crippen LogP contribution in [0, 0.1) is 0 Å². The highest BCUT2D eigenvalue weighted by Gasteiger charge is 2.48. The van der Waals surface area contributed by atoms with E-state index in [0.29, 0.717) is 6.07 Å². The fraction of sp³-hybridized carbons (Fsp3) is 0.231. The van der Waals surface area contributed by atoms with Crippen molar-refractivity contribution in [1.29, 1.82) is 0 Å². The number of rotatable bonds is 6. The van der Waals surface area contributed by atoms with Crippen molar-refractivity contribution in [3.8, 4) is 5.75 Å². The Kier molecular flexibility index (Phi) is 6.35. The first-order valence-electron chi connectivity index (χ1n) is 6.31. The van der Waals surface area contributed by atoms with Gasteiger partial charge in [0.15, 0.2) is 6.61 Å². The Morgan fingerprint density at radius 1 is 1.25 bits per heavy atom. The van der Waals surface area contributed by atoms with Crippen molar-refractivity contribution in [2.45, 2.75) is 10.4 Å². The summed E-state index contributed by atoms with van der Waals surface area (Å²) in [6, 6.07) is 3.12. The Morgan fingerprint density at radius 3 is 2.46 bits per heavy atom. The van der Waals surface area contributed by atoms with Gasteiger partial charge in [0.05, 0.1) is 0 Å². The highest BCUT2D eigenvalue weighted by Crippen LogP contribution is 2.35. The number of alkyl halides is 3. The SMILES string of the molecule is C=CCNC(=O)NC(=O)COc1ccccc1S(=O)(=O)C(F)(F)F. The van der Waals surface area contributed by atoms with Crippen molar-refractivity contribution in [1.82, 2.24) is 10.6 Å². The number of para-hydroxylation sites is 1. The Labute approximate surface area is 135 Å². The van der Waals surface area contributed by atoms with Crippen LogP contribution in [0.2, 0.25) is 0 Å². The topological polar surface area (TPSA) is 102 Å². The molecule has 0 spiro atoms. The van der Waals surface area contributed by atoms with Crippen molar-refractivity contribution in [2.75, 3.05) is 13.2 Å². The number of halogens is 3. The Morgan fingerprint density at radius 2 is 1.88 bits per heavy atom. The normalized spacial score (nSPS) is 11.5. The molecule has 0 saturated heterocycles. The van der Waals surface area contributed by atoms with Gasteiger partial charge in [-0.1, -0.05) is 18.2 Å². The molecule has 0 bridgehead atoms. The minimum Gasteiger partial charge on any atom is -0.482 e. The molecule has 3 amide bonds. The highest BCUT2D eigenvalue weighted by atomic mass is 32.2. The van der Waals surface area contributed by atoms with Crippen LogP contribution in [-0.2, 0) is 14.6 Å². The summed E-state index contributed by atoms with van der Waals surface area (Å²) in [6.45, 7) is 2.57. The molecule has 0 heterocycles. The van der Waals surface area contributed by atoms with Crippen LogP contribution in [0.4, 0.5) is 18.0 Å². The minimum atomic E-state index is -5.64. The van der Waals surface area contributed by atoms with E-state index >= 15 is 0 Å². The summed E-state index contributed by atoms with van der Waals surface area (Å²) < 4.78 is 65.5. The summed E-state index contributed by atoms with van der Waals surface area (Å²) in [6.07, 6.45) is 1.36. The monoisotopic (exact) mass is 366 g/mol. The van der Waals surface area contributed by atoms with Crippen molar-refractivity contribution < 1.29 is 35.9 Å². The standard InChI is InChI=1S/C13H13F3N2O5S/c1-2-7-17-12(20)18-11(19)8-23-9-5-3-4-6-10(9)24(21,22)13(14,15)16/h2-6H,1,7-8H2,(H2,17,18,19,20). The summed E-state index contributed by atoms with van der Waals surface area (Å²) in [5, 5.41) is 4.07. The third-order valence-electron chi connectivity index (χ3n) is 2.46. The molecule has 0 aromatic heterocycles. The number of nitrogens with one attached hydrogen (secondary N) is 2. The molecule has 0 fully saturated rings. The first-order valence-corrected chi connectivity index (χ1v) is 7.79. The molecule has 0 atom stereocenters. The van der Waals surface area contributed by atoms with E-state index in [1.807, 2.05) is 5.32 Å². The van der Waals surface area contributed by atoms with Gasteiger partial charge in [0.25, 0.3) is 15.7 Å². The van der Waals surface area contributed by atoms with Gasteiger partial charge in [0.2, 0.25) is 0 Å². The smallest absolute Gasteiger partial charge is 0.482 e. The van der Waals surface area contributed by atoms with Crippen LogP contribution in [0.1, 0.15) is 0 Å². The number of hydrogen-bond acceptors (Lipinski definition) is 5. The van der Waals surface area contributed by atoms with E-state index in [1.54, 1.807) is 0 Å². The quantitative estimate of drug-likeness (QED) is 0.741. The predicted octanol–water partition coefficient (Wildman–Crippen LogP) is 1.37. The van der Waals surface area contributed by atoms with Crippen LogP contribution in [-0.4, -0.2) is 39.0 Å². The second-order valence-corrected chi connectivity index (χ2v) is 6.14. The molecular formula is C13H13F3N2O5S. The van der Waals surface area contributed by atoms with Crippen LogP contribution in [0.25, 0.3) is 0 Å². The van der Waals surface area contributed by atoms with Crippen LogP contribution in [0.5, 0.6) is 5.75 Å². The molecule has 0 aliphatic carbocycles. The average Bonchev–Trinajstić information content (AvgIpc) is 2.50. The Bertz CT molecular complexity index is 731. The number of imide groups is 1. The third-order valence-corrected chi connectivity index (χ3v) is 3.99. The molecular weight excluding hydrogens is 353 g/mol. The fourth-order valence-electron chi connectivity index (χ4n) is 1.43. The fourth-order valence-corrected chi connectivity index (χ4v) is 2.33. The first kappa shape index (κ1) is 19.5. The van der Waals surface area contributed by atoms with Crippen LogP contribution in [0.15, 0.2) is 41.8 Å². The van der Waals surface area contributed by atoms with Gasteiger partial charge in [-0.3, -0.25) is 10.1 Å². The maximum atomic E-state index is 12.6. The molecule has 0 aliphatic rings. The first-order chi connectivity index (χ1) is 11.1. The molecule has 1 aromatic carbocycles. The van der Waals surface area contributed by atoms with Crippen molar-refractivity contribution >= 4 is 21.8 Å². The van der Waals surface area contributed by atoms with Crippen molar-refractivity contribution in [2.24, 2.45) is 0 Å². The molecule has 2 N–H and O–H groups in total. The molecule has 0 unspecified atom stereocenters. The molecule has 1 rings (SSSR count). The number of hydrogen-bond donors (Lipinski definition) is 2. The molecule has 1 aromatic rings. The molecule has 0 aliphatic heterocycles. The van der Waals surface area contributed by atoms with E-state index < -0.39 is 44.5 Å². The van der Waals surface area contributed by atoms with E-state index in [1.165, 1.54) is 12.1 Å². The van der Waals surface area contributed by atoms with Crippen LogP contribution < -0.4 is 15.4 Å². The molecule has 11 heteroatoms. The van der Waals surface area contributed by atoms with Gasteiger partial charge < -0.3 is 10.1 Å². The van der Waals surface area contributed by atoms with E-state index in [2.05, 4.69) is 11.9 Å². The van der Waals surface area contributed by atoms with E-state index in [4.69, 9.17) is 4.74 Å². The number of carbonyl (C=O) groups is 2. The molecule has 0 radical (unpaired) electrons. The van der Waals surface area contributed by atoms with E-state index in [0.717, 1.165) is 12.1 Å². The maximum Gasteiger partial charge on any atom is 0.502 e. The molecule has 24 heavy (non-hydrogen) atoms. The lowest BCUT2D eigenvalue weighted by atomic mass is 10.3. The van der Waals surface area contributed by atoms with Crippen LogP contribution in [0.3, 0.4) is 0 Å². The maximum absolute atomic E-state index is 12.6. The average molecular weight is 366 g/mol. The largest absolute Gasteiger partial charge is 0.502 e. The number of amides is 3. The summed E-state index contributed by atoms with van der Waals surface area (Å²) in [4.78, 5) is 21.5. The predicted molar refractivity (Wildman–Crippen MR) is 76.9 cm³/mol. The van der Waals surface area contributed by atoms with Gasteiger partial charge in [-0.05, 0) is 12.1 Å². The number of carbonyl (C=O) groups excluding carboxylic acids is 2. The van der Waals surface area contributed by atoms with Gasteiger partial charge in [0, 0.05) is 6.54 Å². The number of ether oxygens (including phenoxy) is 1. The minimum absolute atomic E-state index is 0.0899. The van der Waals surface area contributed by atoms with Crippen LogP contribution >= 0.6 is 0 Å². The summed E-state index contributed by atoms with van der Waals surface area (Å²) in [7, 11) is -5.64. The number of benzene rings is 1. The van der Waals surface area contributed by atoms with Gasteiger partial charge >= 0.3 is 11.5 Å². The highest BCUT2D eigenvalue weighted by molar-refractivity contribution is 7.92. The van der Waals surface area contributed by atoms with Gasteiger partial charge in [-0.2, -0.15) is 13.2 Å². The second-order valence-electron chi connectivity index (χ2n) is 4.23. The van der Waals surface area contributed by atoms with Crippen molar-refractivity contribution in [3.63, 3.8) is 0 Å². The molecule has 7 nitrogen and oxygen atoms in total. The second kappa shape index (κ2) is 7.81. The van der Waals surface area contributed by atoms with E-state index in [-0.39, 0.29) is 6.54 Å². The van der Waals surface area contributed by atoms with E-state index in [9.17, 15) is 31.2 Å². The zero-order valence-corrected chi connectivity index (χ0v) is 12.9. The number of sulfone groups is 1. The van der Waals surface area contributed by atoms with Gasteiger partial charge in [0.1, 0.15) is 10.6 Å². The summed E-state index contributed by atoms with van der Waals surface area (Å²) >= 11 is 0. The zero-order chi connectivity index (χ0) is 18.4. The van der Waals surface area contributed by atoms with Gasteiger partial charge in [-0.25, -0.2) is 13.2 Å². The zero-order valence-electron chi connectivity index (χ0n) is 12.1. The Hall–Kier alpha value is -2.56. The summed E-state index contributed by atoms with van der Waals surface area (Å²) in [5.41, 5.74) is -5.51. The molecule has 0 saturated carbocycles. The summed E-state index contributed by atoms with van der Waals surface area (Å²) in [5.74, 6) is -1.63. The lowest BCUT2D eigenvalue weighted by Crippen LogP contribution is -2.41. The lowest BCUT2D eigenvalue weighted by Gasteiger charge is -2.13. The molecule has 132 valence electrons. The third kappa shape index (κ3) is 4.98. The number of urea groups is 1. The van der Waals surface area contributed by atoms with Crippen molar-refractivity contribution in [3.05, 3.63) is 36.9 Å².